The normalized spacial score (nSPS) is 14.2. The van der Waals surface area contributed by atoms with Crippen molar-refractivity contribution in [2.45, 2.75) is 25.7 Å². The molecule has 4 rings (SSSR count). The fourth-order valence-electron chi connectivity index (χ4n) is 3.32. The van der Waals surface area contributed by atoms with Gasteiger partial charge in [-0.15, -0.1) is 11.3 Å². The van der Waals surface area contributed by atoms with Crippen LogP contribution in [-0.4, -0.2) is 22.5 Å². The number of halogens is 3. The molecule has 0 fully saturated rings. The zero-order valence-corrected chi connectivity index (χ0v) is 16.7. The van der Waals surface area contributed by atoms with E-state index in [1.807, 2.05) is 18.2 Å². The maximum absolute atomic E-state index is 12.8. The molecule has 0 saturated heterocycles. The summed E-state index contributed by atoms with van der Waals surface area (Å²) in [4.78, 5) is 20.1. The lowest BCUT2D eigenvalue weighted by Gasteiger charge is -2.25. The number of aromatic nitrogens is 1. The number of hydrogen-bond acceptors (Lipinski definition) is 4. The van der Waals surface area contributed by atoms with Crippen LogP contribution in [0.15, 0.2) is 54.6 Å². The predicted molar refractivity (Wildman–Crippen MR) is 110 cm³/mol. The zero-order valence-electron chi connectivity index (χ0n) is 15.9. The van der Waals surface area contributed by atoms with E-state index in [2.05, 4.69) is 32.7 Å². The predicted octanol–water partition coefficient (Wildman–Crippen LogP) is 5.36. The first-order valence-corrected chi connectivity index (χ1v) is 10.2. The molecule has 0 bridgehead atoms. The van der Waals surface area contributed by atoms with Gasteiger partial charge in [0.2, 0.25) is 0 Å². The SMILES string of the molecule is O=C(Nc1cccc(C(F)(F)F)c1)Nc1nc2c(s1)CCN(Cc1ccccc1)C2. The van der Waals surface area contributed by atoms with Crippen LogP contribution in [0.1, 0.15) is 21.7 Å². The molecular weight excluding hydrogens is 413 g/mol. The molecule has 0 saturated carbocycles. The maximum atomic E-state index is 12.8. The lowest BCUT2D eigenvalue weighted by atomic mass is 10.1. The molecule has 0 atom stereocenters. The fraction of sp³-hybridized carbons (Fsp3) is 0.238. The number of rotatable bonds is 4. The van der Waals surface area contributed by atoms with Crippen LogP contribution in [0.25, 0.3) is 0 Å². The number of amides is 2. The van der Waals surface area contributed by atoms with Crippen molar-refractivity contribution in [2.24, 2.45) is 0 Å². The van der Waals surface area contributed by atoms with Crippen molar-refractivity contribution in [3.8, 4) is 0 Å². The summed E-state index contributed by atoms with van der Waals surface area (Å²) in [5.41, 5.74) is 1.41. The van der Waals surface area contributed by atoms with Gasteiger partial charge in [0.25, 0.3) is 0 Å². The molecule has 2 amide bonds. The molecule has 0 spiro atoms. The number of alkyl halides is 3. The highest BCUT2D eigenvalue weighted by Gasteiger charge is 2.30. The maximum Gasteiger partial charge on any atom is 0.416 e. The summed E-state index contributed by atoms with van der Waals surface area (Å²) in [6.07, 6.45) is -3.62. The van der Waals surface area contributed by atoms with Crippen molar-refractivity contribution in [2.75, 3.05) is 17.2 Å². The van der Waals surface area contributed by atoms with Crippen LogP contribution in [0, 0.1) is 0 Å². The molecule has 0 unspecified atom stereocenters. The quantitative estimate of drug-likeness (QED) is 0.583. The van der Waals surface area contributed by atoms with Gasteiger partial charge in [-0.1, -0.05) is 36.4 Å². The average molecular weight is 432 g/mol. The van der Waals surface area contributed by atoms with Crippen LogP contribution in [-0.2, 0) is 25.7 Å². The van der Waals surface area contributed by atoms with Crippen LogP contribution in [0.3, 0.4) is 0 Å². The fourth-order valence-corrected chi connectivity index (χ4v) is 4.27. The van der Waals surface area contributed by atoms with E-state index in [4.69, 9.17) is 0 Å². The van der Waals surface area contributed by atoms with Gasteiger partial charge in [0.15, 0.2) is 5.13 Å². The third-order valence-electron chi connectivity index (χ3n) is 4.72. The Bertz CT molecular complexity index is 1040. The molecule has 0 radical (unpaired) electrons. The second kappa shape index (κ2) is 8.45. The lowest BCUT2D eigenvalue weighted by Crippen LogP contribution is -2.29. The smallest absolute Gasteiger partial charge is 0.308 e. The highest BCUT2D eigenvalue weighted by atomic mass is 32.1. The van der Waals surface area contributed by atoms with E-state index >= 15 is 0 Å². The Morgan fingerprint density at radius 2 is 1.90 bits per heavy atom. The Morgan fingerprint density at radius 3 is 2.67 bits per heavy atom. The molecular formula is C21H19F3N4OS. The van der Waals surface area contributed by atoms with Crippen LogP contribution in [0.5, 0.6) is 0 Å². The lowest BCUT2D eigenvalue weighted by molar-refractivity contribution is -0.137. The third-order valence-corrected chi connectivity index (χ3v) is 5.80. The van der Waals surface area contributed by atoms with Gasteiger partial charge < -0.3 is 5.32 Å². The molecule has 156 valence electrons. The third kappa shape index (κ3) is 4.98. The van der Waals surface area contributed by atoms with Crippen LogP contribution < -0.4 is 10.6 Å². The summed E-state index contributed by atoms with van der Waals surface area (Å²) < 4.78 is 38.4. The number of anilines is 2. The molecule has 30 heavy (non-hydrogen) atoms. The van der Waals surface area contributed by atoms with Gasteiger partial charge in [-0.2, -0.15) is 13.2 Å². The standard InChI is InChI=1S/C21H19F3N4OS/c22-21(23,24)15-7-4-8-16(11-15)25-19(29)27-20-26-17-13-28(10-9-18(17)30-20)12-14-5-2-1-3-6-14/h1-8,11H,9-10,12-13H2,(H2,25,26,27,29). The van der Waals surface area contributed by atoms with Crippen molar-refractivity contribution in [3.05, 3.63) is 76.3 Å². The van der Waals surface area contributed by atoms with Crippen molar-refractivity contribution in [1.29, 1.82) is 0 Å². The Morgan fingerprint density at radius 1 is 1.10 bits per heavy atom. The molecule has 1 aliphatic rings. The van der Waals surface area contributed by atoms with E-state index < -0.39 is 17.8 Å². The minimum atomic E-state index is -4.46. The molecule has 9 heteroatoms. The molecule has 2 N–H and O–H groups in total. The number of carbonyl (C=O) groups is 1. The van der Waals surface area contributed by atoms with E-state index in [-0.39, 0.29) is 5.69 Å². The number of thiazole rings is 1. The second-order valence-electron chi connectivity index (χ2n) is 6.99. The van der Waals surface area contributed by atoms with E-state index in [0.717, 1.165) is 42.2 Å². The van der Waals surface area contributed by atoms with Gasteiger partial charge in [-0.3, -0.25) is 10.2 Å². The molecule has 1 aromatic heterocycles. The number of nitrogens with one attached hydrogen (secondary N) is 2. The molecule has 2 heterocycles. The summed E-state index contributed by atoms with van der Waals surface area (Å²) in [7, 11) is 0. The van der Waals surface area contributed by atoms with Gasteiger partial charge >= 0.3 is 12.2 Å². The summed E-state index contributed by atoms with van der Waals surface area (Å²) in [5.74, 6) is 0. The number of benzene rings is 2. The van der Waals surface area contributed by atoms with E-state index in [0.29, 0.717) is 11.7 Å². The van der Waals surface area contributed by atoms with Crippen LogP contribution >= 0.6 is 11.3 Å². The van der Waals surface area contributed by atoms with Gasteiger partial charge in [0.05, 0.1) is 11.3 Å². The number of hydrogen-bond donors (Lipinski definition) is 2. The summed E-state index contributed by atoms with van der Waals surface area (Å²) in [6, 6.07) is 14.1. The van der Waals surface area contributed by atoms with Gasteiger partial charge in [0, 0.05) is 30.2 Å². The molecule has 5 nitrogen and oxygen atoms in total. The van der Waals surface area contributed by atoms with Gasteiger partial charge in [-0.25, -0.2) is 9.78 Å². The number of fused-ring (bicyclic) bond motifs is 1. The monoisotopic (exact) mass is 432 g/mol. The first kappa shape index (κ1) is 20.4. The van der Waals surface area contributed by atoms with Crippen molar-refractivity contribution >= 4 is 28.2 Å². The Labute approximate surface area is 175 Å². The number of nitrogens with zero attached hydrogens (tertiary/aromatic N) is 2. The molecule has 0 aliphatic carbocycles. The minimum Gasteiger partial charge on any atom is -0.308 e. The average Bonchev–Trinajstić information content (AvgIpc) is 3.09. The largest absolute Gasteiger partial charge is 0.416 e. The van der Waals surface area contributed by atoms with Gasteiger partial charge in [0.1, 0.15) is 0 Å². The van der Waals surface area contributed by atoms with Crippen LogP contribution in [0.2, 0.25) is 0 Å². The van der Waals surface area contributed by atoms with Crippen molar-refractivity contribution < 1.29 is 18.0 Å². The van der Waals surface area contributed by atoms with Crippen molar-refractivity contribution in [1.82, 2.24) is 9.88 Å². The van der Waals surface area contributed by atoms with Crippen molar-refractivity contribution in [3.63, 3.8) is 0 Å². The topological polar surface area (TPSA) is 57.3 Å². The summed E-state index contributed by atoms with van der Waals surface area (Å²) >= 11 is 1.40. The molecule has 3 aromatic rings. The Balaban J connectivity index is 1.37. The van der Waals surface area contributed by atoms with E-state index in [1.54, 1.807) is 0 Å². The Kier molecular flexibility index (Phi) is 5.74. The number of urea groups is 1. The van der Waals surface area contributed by atoms with E-state index in [9.17, 15) is 18.0 Å². The first-order chi connectivity index (χ1) is 14.4. The zero-order chi connectivity index (χ0) is 21.1. The molecule has 2 aromatic carbocycles. The first-order valence-electron chi connectivity index (χ1n) is 9.37. The summed E-state index contributed by atoms with van der Waals surface area (Å²) in [6.45, 7) is 2.42. The second-order valence-corrected chi connectivity index (χ2v) is 8.08. The molecule has 1 aliphatic heterocycles. The minimum absolute atomic E-state index is 0.0673. The number of carbonyl (C=O) groups excluding carboxylic acids is 1. The van der Waals surface area contributed by atoms with E-state index in [1.165, 1.54) is 29.0 Å². The van der Waals surface area contributed by atoms with Gasteiger partial charge in [-0.05, 0) is 30.2 Å². The highest BCUT2D eigenvalue weighted by molar-refractivity contribution is 7.15. The highest BCUT2D eigenvalue weighted by Crippen LogP contribution is 2.31. The van der Waals surface area contributed by atoms with Crippen LogP contribution in [0.4, 0.5) is 28.8 Å². The Hall–Kier alpha value is -2.91. The summed E-state index contributed by atoms with van der Waals surface area (Å²) in [5, 5.41) is 5.50.